The molecule has 0 atom stereocenters. The Labute approximate surface area is 180 Å². The van der Waals surface area contributed by atoms with Gasteiger partial charge in [-0.2, -0.15) is 9.29 Å². The van der Waals surface area contributed by atoms with E-state index in [-0.39, 0.29) is 16.7 Å². The number of benzene rings is 2. The molecule has 3 aromatic rings. The summed E-state index contributed by atoms with van der Waals surface area (Å²) in [4.78, 5) is 19.1. The van der Waals surface area contributed by atoms with E-state index in [0.29, 0.717) is 43.5 Å². The average molecular weight is 439 g/mol. The minimum absolute atomic E-state index is 0.00345. The Morgan fingerprint density at radius 2 is 1.65 bits per heavy atom. The zero-order valence-electron chi connectivity index (χ0n) is 16.8. The molecule has 160 valence electrons. The zero-order valence-corrected chi connectivity index (χ0v) is 17.7. The summed E-state index contributed by atoms with van der Waals surface area (Å²) in [6, 6.07) is 15.8. The number of nitrogens with zero attached hydrogens (tertiary/aromatic N) is 4. The highest BCUT2D eigenvalue weighted by Gasteiger charge is 2.36. The number of sulfonamides is 1. The van der Waals surface area contributed by atoms with Gasteiger partial charge in [-0.3, -0.25) is 4.79 Å². The smallest absolute Gasteiger partial charge is 0.253 e. The number of amides is 1. The lowest BCUT2D eigenvalue weighted by Crippen LogP contribution is -2.48. The van der Waals surface area contributed by atoms with Crippen LogP contribution in [0.15, 0.2) is 64.0 Å². The normalized spacial score (nSPS) is 17.6. The summed E-state index contributed by atoms with van der Waals surface area (Å²) < 4.78 is 32.1. The Bertz CT molecular complexity index is 1180. The lowest BCUT2D eigenvalue weighted by atomic mass is 9.98. The highest BCUT2D eigenvalue weighted by atomic mass is 32.2. The first-order valence-corrected chi connectivity index (χ1v) is 11.7. The highest BCUT2D eigenvalue weighted by Crippen LogP contribution is 2.29. The van der Waals surface area contributed by atoms with Crippen molar-refractivity contribution in [3.05, 3.63) is 66.1 Å². The molecule has 31 heavy (non-hydrogen) atoms. The van der Waals surface area contributed by atoms with Crippen molar-refractivity contribution in [3.8, 4) is 11.4 Å². The second-order valence-corrected chi connectivity index (χ2v) is 9.80. The first-order chi connectivity index (χ1) is 15.0. The van der Waals surface area contributed by atoms with E-state index >= 15 is 0 Å². The molecule has 1 amide bonds. The lowest BCUT2D eigenvalue weighted by molar-refractivity contribution is 0.0569. The highest BCUT2D eigenvalue weighted by molar-refractivity contribution is 7.89. The third-order valence-electron chi connectivity index (χ3n) is 5.80. The van der Waals surface area contributed by atoms with Gasteiger partial charge in [-0.15, -0.1) is 0 Å². The Morgan fingerprint density at radius 3 is 2.32 bits per heavy atom. The van der Waals surface area contributed by atoms with E-state index < -0.39 is 10.0 Å². The van der Waals surface area contributed by atoms with Crippen molar-refractivity contribution < 1.29 is 17.7 Å². The molecule has 0 aliphatic carbocycles. The van der Waals surface area contributed by atoms with Crippen molar-refractivity contribution in [2.75, 3.05) is 26.2 Å². The van der Waals surface area contributed by atoms with Gasteiger partial charge in [0, 0.05) is 37.3 Å². The van der Waals surface area contributed by atoms with Crippen molar-refractivity contribution in [2.24, 2.45) is 0 Å². The molecule has 2 aliphatic rings. The molecule has 2 saturated heterocycles. The molecule has 0 saturated carbocycles. The van der Waals surface area contributed by atoms with Crippen LogP contribution in [0.1, 0.15) is 35.0 Å². The quantitative estimate of drug-likeness (QED) is 0.608. The summed E-state index contributed by atoms with van der Waals surface area (Å²) in [5.41, 5.74) is 1.35. The summed E-state index contributed by atoms with van der Waals surface area (Å²) in [6.07, 6.45) is 1.78. The van der Waals surface area contributed by atoms with Gasteiger partial charge in [0.2, 0.25) is 21.7 Å². The summed E-state index contributed by atoms with van der Waals surface area (Å²) in [5.74, 6) is 0.929. The molecule has 1 aromatic heterocycles. The number of likely N-dealkylation sites (tertiary alicyclic amines) is 1. The number of carbonyl (C=O) groups excluding carboxylic acids is 1. The minimum Gasteiger partial charge on any atom is -0.339 e. The van der Waals surface area contributed by atoms with Gasteiger partial charge in [-0.25, -0.2) is 8.42 Å². The predicted molar refractivity (Wildman–Crippen MR) is 113 cm³/mol. The molecule has 5 rings (SSSR count). The number of carbonyl (C=O) groups is 1. The number of aromatic nitrogens is 2. The van der Waals surface area contributed by atoms with E-state index in [1.54, 1.807) is 17.0 Å². The molecular weight excluding hydrogens is 416 g/mol. The molecule has 0 spiro atoms. The fourth-order valence-corrected chi connectivity index (χ4v) is 5.45. The third-order valence-corrected chi connectivity index (χ3v) is 7.71. The van der Waals surface area contributed by atoms with Gasteiger partial charge < -0.3 is 9.42 Å². The Balaban J connectivity index is 1.22. The summed E-state index contributed by atoms with van der Waals surface area (Å²) in [7, 11) is -3.48. The average Bonchev–Trinajstić information content (AvgIpc) is 3.46. The van der Waals surface area contributed by atoms with Gasteiger partial charge in [0.05, 0.1) is 10.8 Å². The maximum absolute atomic E-state index is 12.7. The fraction of sp³-hybridized carbons (Fsp3) is 0.318. The van der Waals surface area contributed by atoms with Crippen molar-refractivity contribution in [2.45, 2.75) is 23.7 Å². The van der Waals surface area contributed by atoms with Crippen LogP contribution < -0.4 is 0 Å². The molecule has 2 aliphatic heterocycles. The molecule has 0 bridgehead atoms. The van der Waals surface area contributed by atoms with E-state index in [1.165, 1.54) is 16.4 Å². The first-order valence-electron chi connectivity index (χ1n) is 10.3. The molecule has 9 heteroatoms. The van der Waals surface area contributed by atoms with Crippen LogP contribution in [0.2, 0.25) is 0 Å². The summed E-state index contributed by atoms with van der Waals surface area (Å²) in [6.45, 7) is 2.09. The molecule has 0 radical (unpaired) electrons. The van der Waals surface area contributed by atoms with Crippen LogP contribution in [0.5, 0.6) is 0 Å². The van der Waals surface area contributed by atoms with Gasteiger partial charge >= 0.3 is 0 Å². The SMILES string of the molecule is O=C(c1ccc(S(=O)(=O)N2CCCC2)cc1)N1CC(c2nc(-c3ccccc3)no2)C1. The van der Waals surface area contributed by atoms with Crippen LogP contribution in [-0.4, -0.2) is 59.8 Å². The molecule has 3 heterocycles. The third kappa shape index (κ3) is 3.75. The first kappa shape index (κ1) is 19.9. The summed E-state index contributed by atoms with van der Waals surface area (Å²) in [5, 5.41) is 4.03. The number of rotatable bonds is 5. The van der Waals surface area contributed by atoms with E-state index in [1.807, 2.05) is 30.3 Å². The van der Waals surface area contributed by atoms with Crippen LogP contribution in [0.4, 0.5) is 0 Å². The number of hydrogen-bond acceptors (Lipinski definition) is 6. The topological polar surface area (TPSA) is 96.6 Å². The lowest BCUT2D eigenvalue weighted by Gasteiger charge is -2.37. The minimum atomic E-state index is -3.48. The molecule has 2 fully saturated rings. The standard InChI is InChI=1S/C22H22N4O4S/c27-22(17-8-10-19(11-9-17)31(28,29)26-12-4-5-13-26)25-14-18(15-25)21-23-20(24-30-21)16-6-2-1-3-7-16/h1-3,6-11,18H,4-5,12-15H2. The Hall–Kier alpha value is -3.04. The summed E-state index contributed by atoms with van der Waals surface area (Å²) >= 11 is 0. The van der Waals surface area contributed by atoms with Crippen molar-refractivity contribution in [1.29, 1.82) is 0 Å². The van der Waals surface area contributed by atoms with E-state index in [4.69, 9.17) is 4.52 Å². The predicted octanol–water partition coefficient (Wildman–Crippen LogP) is 2.76. The second kappa shape index (κ2) is 7.90. The van der Waals surface area contributed by atoms with Crippen molar-refractivity contribution in [1.82, 2.24) is 19.3 Å². The van der Waals surface area contributed by atoms with Crippen molar-refractivity contribution >= 4 is 15.9 Å². The maximum Gasteiger partial charge on any atom is 0.253 e. The van der Waals surface area contributed by atoms with Gasteiger partial charge in [0.25, 0.3) is 5.91 Å². The van der Waals surface area contributed by atoms with Gasteiger partial charge in [-0.1, -0.05) is 35.5 Å². The van der Waals surface area contributed by atoms with Crippen LogP contribution in [-0.2, 0) is 10.0 Å². The van der Waals surface area contributed by atoms with Gasteiger partial charge in [0.1, 0.15) is 0 Å². The number of hydrogen-bond donors (Lipinski definition) is 0. The molecule has 0 unspecified atom stereocenters. The molecule has 0 N–H and O–H groups in total. The molecule has 8 nitrogen and oxygen atoms in total. The maximum atomic E-state index is 12.7. The molecular formula is C22H22N4O4S. The van der Waals surface area contributed by atoms with E-state index in [9.17, 15) is 13.2 Å². The van der Waals surface area contributed by atoms with E-state index in [2.05, 4.69) is 10.1 Å². The Morgan fingerprint density at radius 1 is 0.968 bits per heavy atom. The zero-order chi connectivity index (χ0) is 21.4. The van der Waals surface area contributed by atoms with Gasteiger partial charge in [0.15, 0.2) is 0 Å². The Kier molecular flexibility index (Phi) is 5.07. The monoisotopic (exact) mass is 438 g/mol. The largest absolute Gasteiger partial charge is 0.339 e. The van der Waals surface area contributed by atoms with Crippen LogP contribution in [0.3, 0.4) is 0 Å². The second-order valence-electron chi connectivity index (χ2n) is 7.86. The van der Waals surface area contributed by atoms with Crippen molar-refractivity contribution in [3.63, 3.8) is 0 Å². The fourth-order valence-electron chi connectivity index (χ4n) is 3.94. The molecule has 2 aromatic carbocycles. The van der Waals surface area contributed by atoms with Crippen LogP contribution >= 0.6 is 0 Å². The van der Waals surface area contributed by atoms with E-state index in [0.717, 1.165) is 18.4 Å². The van der Waals surface area contributed by atoms with Crippen LogP contribution in [0, 0.1) is 0 Å². The van der Waals surface area contributed by atoms with Crippen LogP contribution in [0.25, 0.3) is 11.4 Å². The van der Waals surface area contributed by atoms with Gasteiger partial charge in [-0.05, 0) is 37.1 Å².